The SMILES string of the molecule is Clc1cc(-c2ccccc2-c2ccc(-c3ccccn3)cc2)cc(-c2ccccc2-c2ccc(-c3ccccn3)cc2)c1.S=S=S=S=S=S=S. The monoisotopic (exact) mass is 794 g/mol. The number of halogens is 1. The van der Waals surface area contributed by atoms with E-state index in [1.807, 2.05) is 48.8 Å². The standard InChI is InChI=1S/C40H27ClN2.S7/c41-34-26-32(37-11-3-1-9-35(37)28-15-19-30(20-16-28)39-13-5-7-23-42-39)25-33(27-34)38-12-4-2-10-36(38)29-17-21-31(22-18-29)40-14-6-8-24-43-40;1-3-5-7-6-4-2/h1-27H;. The Hall–Kier alpha value is -3.77. The van der Waals surface area contributed by atoms with Crippen molar-refractivity contribution in [3.8, 4) is 67.0 Å². The van der Waals surface area contributed by atoms with Gasteiger partial charge in [-0.1, -0.05) is 121 Å². The zero-order chi connectivity index (χ0) is 34.5. The molecule has 0 fully saturated rings. The third-order valence-corrected chi connectivity index (χ3v) is 16.9. The number of hydrogen-bond acceptors (Lipinski definition) is 4. The second-order valence-corrected chi connectivity index (χ2v) is 20.0. The lowest BCUT2D eigenvalue weighted by atomic mass is 9.90. The Morgan fingerprint density at radius 3 is 1.10 bits per heavy atom. The molecule has 10 heteroatoms. The minimum absolute atomic E-state index is 0.702. The van der Waals surface area contributed by atoms with E-state index in [-0.39, 0.29) is 0 Å². The molecule has 0 radical (unpaired) electrons. The number of benzene rings is 5. The van der Waals surface area contributed by atoms with E-state index >= 15 is 0 Å². The highest BCUT2D eigenvalue weighted by molar-refractivity contribution is 8.68. The van der Waals surface area contributed by atoms with Crippen LogP contribution in [0.5, 0.6) is 0 Å². The third kappa shape index (κ3) is 9.31. The summed E-state index contributed by atoms with van der Waals surface area (Å²) in [6, 6.07) is 52.5. The molecule has 0 atom stereocenters. The molecule has 0 bridgehead atoms. The normalized spacial score (nSPS) is 10.3. The Balaban J connectivity index is 0.000000561. The Labute approximate surface area is 321 Å². The number of hydrogen-bond donors (Lipinski definition) is 0. The van der Waals surface area contributed by atoms with Crippen LogP contribution in [-0.2, 0) is 66.8 Å². The molecule has 0 unspecified atom stereocenters. The zero-order valence-electron chi connectivity index (χ0n) is 26.2. The van der Waals surface area contributed by atoms with Crippen molar-refractivity contribution in [2.45, 2.75) is 0 Å². The highest BCUT2D eigenvalue weighted by Gasteiger charge is 2.13. The van der Waals surface area contributed by atoms with Crippen LogP contribution in [-0.4, -0.2) is 9.97 Å². The second-order valence-electron chi connectivity index (χ2n) is 10.7. The molecule has 2 aromatic heterocycles. The van der Waals surface area contributed by atoms with Crippen molar-refractivity contribution in [2.24, 2.45) is 0 Å². The molecule has 246 valence electrons. The van der Waals surface area contributed by atoms with Gasteiger partial charge in [0, 0.05) is 95.3 Å². The lowest BCUT2D eigenvalue weighted by Crippen LogP contribution is -1.90. The Morgan fingerprint density at radius 1 is 0.380 bits per heavy atom. The molecule has 0 amide bonds. The summed E-state index contributed by atoms with van der Waals surface area (Å²) in [6.45, 7) is 0. The molecule has 2 heterocycles. The summed E-state index contributed by atoms with van der Waals surface area (Å²) in [5.41, 5.74) is 13.1. The Morgan fingerprint density at radius 2 is 0.740 bits per heavy atom. The van der Waals surface area contributed by atoms with E-state index in [4.69, 9.17) is 11.6 Å². The van der Waals surface area contributed by atoms with Gasteiger partial charge >= 0.3 is 0 Å². The molecular weight excluding hydrogens is 768 g/mol. The summed E-state index contributed by atoms with van der Waals surface area (Å²) in [5, 5.41) is 0.702. The van der Waals surface area contributed by atoms with E-state index in [1.54, 1.807) is 26.6 Å². The van der Waals surface area contributed by atoms with Crippen molar-refractivity contribution in [3.63, 3.8) is 0 Å². The lowest BCUT2D eigenvalue weighted by Gasteiger charge is -2.15. The van der Waals surface area contributed by atoms with Crippen LogP contribution in [0, 0.1) is 0 Å². The van der Waals surface area contributed by atoms with Gasteiger partial charge in [-0.15, -0.1) is 0 Å². The van der Waals surface area contributed by atoms with Gasteiger partial charge in [0.05, 0.1) is 11.4 Å². The molecule has 7 rings (SSSR count). The molecule has 0 aliphatic rings. The van der Waals surface area contributed by atoms with Gasteiger partial charge in [0.15, 0.2) is 0 Å². The van der Waals surface area contributed by atoms with E-state index in [0.717, 1.165) is 67.0 Å². The van der Waals surface area contributed by atoms with Crippen molar-refractivity contribution < 1.29 is 0 Å². The fourth-order valence-electron chi connectivity index (χ4n) is 5.62. The topological polar surface area (TPSA) is 25.8 Å². The summed E-state index contributed by atoms with van der Waals surface area (Å²) in [7, 11) is 7.36. The summed E-state index contributed by atoms with van der Waals surface area (Å²) < 4.78 is 0. The van der Waals surface area contributed by atoms with Crippen molar-refractivity contribution in [3.05, 3.63) is 169 Å². The highest BCUT2D eigenvalue weighted by atomic mass is 35.5. The summed E-state index contributed by atoms with van der Waals surface area (Å²) in [4.78, 5) is 8.99. The summed E-state index contributed by atoms with van der Waals surface area (Å²) >= 11 is 15.9. The number of aromatic nitrogens is 2. The van der Waals surface area contributed by atoms with Crippen LogP contribution < -0.4 is 0 Å². The minimum atomic E-state index is 0.702. The predicted molar refractivity (Wildman–Crippen MR) is 231 cm³/mol. The first-order valence-electron chi connectivity index (χ1n) is 15.3. The minimum Gasteiger partial charge on any atom is -0.256 e. The van der Waals surface area contributed by atoms with Gasteiger partial charge in [-0.25, -0.2) is 0 Å². The van der Waals surface area contributed by atoms with Gasteiger partial charge in [0.2, 0.25) is 0 Å². The van der Waals surface area contributed by atoms with Crippen LogP contribution in [0.4, 0.5) is 0 Å². The Kier molecular flexibility index (Phi) is 13.3. The molecule has 2 nitrogen and oxygen atoms in total. The van der Waals surface area contributed by atoms with Gasteiger partial charge in [0.25, 0.3) is 0 Å². The van der Waals surface area contributed by atoms with E-state index in [9.17, 15) is 0 Å². The van der Waals surface area contributed by atoms with Gasteiger partial charge in [-0.05, 0) is 87.0 Å². The fraction of sp³-hybridized carbons (Fsp3) is 0. The molecule has 0 aliphatic carbocycles. The van der Waals surface area contributed by atoms with Crippen molar-refractivity contribution in [1.82, 2.24) is 9.97 Å². The smallest absolute Gasteiger partial charge is 0.0701 e. The number of nitrogens with zero attached hydrogens (tertiary/aromatic N) is 2. The van der Waals surface area contributed by atoms with Crippen LogP contribution >= 0.6 is 11.6 Å². The van der Waals surface area contributed by atoms with Crippen LogP contribution in [0.15, 0.2) is 164 Å². The molecule has 7 aromatic rings. The highest BCUT2D eigenvalue weighted by Crippen LogP contribution is 2.39. The molecular formula is C40H27ClN2S7. The van der Waals surface area contributed by atoms with Crippen LogP contribution in [0.3, 0.4) is 0 Å². The van der Waals surface area contributed by atoms with Crippen molar-refractivity contribution in [1.29, 1.82) is 0 Å². The average Bonchev–Trinajstić information content (AvgIpc) is 3.19. The molecule has 0 saturated carbocycles. The van der Waals surface area contributed by atoms with Crippen molar-refractivity contribution >= 4 is 78.4 Å². The molecule has 5 aromatic carbocycles. The van der Waals surface area contributed by atoms with Crippen LogP contribution in [0.1, 0.15) is 0 Å². The maximum absolute atomic E-state index is 6.81. The Bertz CT molecular complexity index is 2280. The second kappa shape index (κ2) is 18.5. The largest absolute Gasteiger partial charge is 0.256 e. The van der Waals surface area contributed by atoms with Gasteiger partial charge in [0.1, 0.15) is 0 Å². The first-order valence-corrected chi connectivity index (χ1v) is 23.6. The van der Waals surface area contributed by atoms with Gasteiger partial charge < -0.3 is 0 Å². The number of rotatable bonds is 6. The first-order chi connectivity index (χ1) is 24.6. The summed E-state index contributed by atoms with van der Waals surface area (Å²) in [5.74, 6) is 0. The molecule has 0 N–H and O–H groups in total. The van der Waals surface area contributed by atoms with E-state index < -0.39 is 0 Å². The quantitative estimate of drug-likeness (QED) is 0.167. The third-order valence-electron chi connectivity index (χ3n) is 7.80. The average molecular weight is 796 g/mol. The first kappa shape index (κ1) is 36.0. The molecule has 0 spiro atoms. The van der Waals surface area contributed by atoms with Gasteiger partial charge in [-0.3, -0.25) is 9.97 Å². The molecule has 0 aliphatic heterocycles. The van der Waals surface area contributed by atoms with Crippen molar-refractivity contribution in [2.75, 3.05) is 0 Å². The van der Waals surface area contributed by atoms with E-state index in [2.05, 4.69) is 148 Å². The van der Waals surface area contributed by atoms with Crippen LogP contribution in [0.2, 0.25) is 5.02 Å². The predicted octanol–water partition coefficient (Wildman–Crippen LogP) is 11.1. The molecule has 50 heavy (non-hydrogen) atoms. The lowest BCUT2D eigenvalue weighted by molar-refractivity contribution is 1.33. The number of pyridine rings is 2. The zero-order valence-corrected chi connectivity index (χ0v) is 32.7. The van der Waals surface area contributed by atoms with E-state index in [0.29, 0.717) is 5.02 Å². The van der Waals surface area contributed by atoms with Gasteiger partial charge in [-0.2, -0.15) is 0 Å². The summed E-state index contributed by atoms with van der Waals surface area (Å²) in [6.07, 6.45) is 3.65. The fourth-order valence-corrected chi connectivity index (χ4v) is 14.1. The molecule has 0 saturated heterocycles. The maximum Gasteiger partial charge on any atom is 0.0701 e. The van der Waals surface area contributed by atoms with E-state index in [1.165, 1.54) is 17.8 Å². The maximum atomic E-state index is 6.81. The van der Waals surface area contributed by atoms with Crippen LogP contribution in [0.25, 0.3) is 67.0 Å².